The van der Waals surface area contributed by atoms with Crippen LogP contribution in [-0.4, -0.2) is 37.8 Å². The van der Waals surface area contributed by atoms with E-state index in [9.17, 15) is 4.79 Å². The lowest BCUT2D eigenvalue weighted by Crippen LogP contribution is -2.32. The summed E-state index contributed by atoms with van der Waals surface area (Å²) in [5.41, 5.74) is 3.80. The first-order valence-corrected chi connectivity index (χ1v) is 9.30. The molecule has 0 spiro atoms. The standard InChI is InChI=1S/C21H17N7O2/c1-28-12-14(11-22-28)20-26-27-21(30-20)25-18-19(29)23-16-10-6-5-9-15(16)17(24-18)13-7-3-2-4-8-13/h2-12,18H,1H3,(H,23,29)(H,25,27). The second-order valence-corrected chi connectivity index (χ2v) is 6.74. The van der Waals surface area contributed by atoms with E-state index >= 15 is 0 Å². The van der Waals surface area contributed by atoms with Gasteiger partial charge in [0.1, 0.15) is 0 Å². The summed E-state index contributed by atoms with van der Waals surface area (Å²) in [6, 6.07) is 17.4. The van der Waals surface area contributed by atoms with E-state index in [2.05, 4.69) is 25.9 Å². The van der Waals surface area contributed by atoms with Gasteiger partial charge >= 0.3 is 6.01 Å². The van der Waals surface area contributed by atoms with Crippen molar-refractivity contribution in [3.8, 4) is 11.5 Å². The summed E-state index contributed by atoms with van der Waals surface area (Å²) in [5, 5.41) is 18.0. The average molecular weight is 399 g/mol. The average Bonchev–Trinajstić information content (AvgIpc) is 3.38. The molecule has 0 radical (unpaired) electrons. The van der Waals surface area contributed by atoms with Crippen molar-refractivity contribution in [1.82, 2.24) is 20.0 Å². The van der Waals surface area contributed by atoms with E-state index in [0.717, 1.165) is 11.1 Å². The number of para-hydroxylation sites is 1. The minimum absolute atomic E-state index is 0.0936. The van der Waals surface area contributed by atoms with Gasteiger partial charge in [0, 0.05) is 24.4 Å². The molecule has 2 aromatic heterocycles. The molecule has 148 valence electrons. The zero-order valence-electron chi connectivity index (χ0n) is 16.0. The van der Waals surface area contributed by atoms with Gasteiger partial charge in [-0.3, -0.25) is 9.48 Å². The zero-order chi connectivity index (χ0) is 20.5. The molecule has 5 rings (SSSR count). The molecule has 3 heterocycles. The van der Waals surface area contributed by atoms with Crippen molar-refractivity contribution in [2.45, 2.75) is 6.17 Å². The van der Waals surface area contributed by atoms with Crippen LogP contribution in [0.2, 0.25) is 0 Å². The number of nitrogens with zero attached hydrogens (tertiary/aromatic N) is 5. The van der Waals surface area contributed by atoms with Gasteiger partial charge in [-0.25, -0.2) is 4.99 Å². The molecule has 1 unspecified atom stereocenters. The first-order valence-electron chi connectivity index (χ1n) is 9.30. The van der Waals surface area contributed by atoms with Crippen molar-refractivity contribution in [1.29, 1.82) is 0 Å². The van der Waals surface area contributed by atoms with Gasteiger partial charge in [0.05, 0.1) is 23.2 Å². The molecule has 2 N–H and O–H groups in total. The lowest BCUT2D eigenvalue weighted by atomic mass is 10.0. The molecule has 1 atom stereocenters. The predicted molar refractivity (Wildman–Crippen MR) is 111 cm³/mol. The molecule has 1 amide bonds. The van der Waals surface area contributed by atoms with Gasteiger partial charge in [0.2, 0.25) is 6.17 Å². The summed E-state index contributed by atoms with van der Waals surface area (Å²) >= 11 is 0. The predicted octanol–water partition coefficient (Wildman–Crippen LogP) is 2.70. The molecule has 1 aliphatic rings. The molecule has 0 aliphatic carbocycles. The summed E-state index contributed by atoms with van der Waals surface area (Å²) < 4.78 is 7.29. The fourth-order valence-electron chi connectivity index (χ4n) is 3.23. The van der Waals surface area contributed by atoms with E-state index in [4.69, 9.17) is 9.41 Å². The van der Waals surface area contributed by atoms with Crippen LogP contribution in [0.4, 0.5) is 11.7 Å². The van der Waals surface area contributed by atoms with Crippen LogP contribution in [0, 0.1) is 0 Å². The first kappa shape index (κ1) is 17.8. The third kappa shape index (κ3) is 3.32. The molecular weight excluding hydrogens is 382 g/mol. The lowest BCUT2D eigenvalue weighted by Gasteiger charge is -2.11. The molecule has 0 fully saturated rings. The summed E-state index contributed by atoms with van der Waals surface area (Å²) in [7, 11) is 1.80. The molecule has 9 heteroatoms. The number of nitrogens with one attached hydrogen (secondary N) is 2. The summed E-state index contributed by atoms with van der Waals surface area (Å²) in [4.78, 5) is 17.6. The number of hydrogen-bond donors (Lipinski definition) is 2. The number of benzene rings is 2. The molecule has 1 aliphatic heterocycles. The van der Waals surface area contributed by atoms with Gasteiger partial charge in [0.25, 0.3) is 11.8 Å². The van der Waals surface area contributed by atoms with Crippen LogP contribution >= 0.6 is 0 Å². The normalized spacial score (nSPS) is 15.7. The minimum atomic E-state index is -0.949. The van der Waals surface area contributed by atoms with Gasteiger partial charge in [-0.15, -0.1) is 5.10 Å². The summed E-state index contributed by atoms with van der Waals surface area (Å²) in [6.07, 6.45) is 2.44. The van der Waals surface area contributed by atoms with Gasteiger partial charge in [-0.1, -0.05) is 53.6 Å². The van der Waals surface area contributed by atoms with Gasteiger partial charge in [0.15, 0.2) is 0 Å². The first-order chi connectivity index (χ1) is 14.7. The Labute approximate surface area is 171 Å². The number of carbonyl (C=O) groups excluding carboxylic acids is 1. The highest BCUT2D eigenvalue weighted by Gasteiger charge is 2.27. The van der Waals surface area contributed by atoms with Crippen molar-refractivity contribution in [2.24, 2.45) is 12.0 Å². The fraction of sp³-hybridized carbons (Fsp3) is 0.0952. The summed E-state index contributed by atoms with van der Waals surface area (Å²) in [6.45, 7) is 0. The van der Waals surface area contributed by atoms with Crippen LogP contribution in [0.3, 0.4) is 0 Å². The zero-order valence-corrected chi connectivity index (χ0v) is 16.0. The van der Waals surface area contributed by atoms with Crippen molar-refractivity contribution in [3.63, 3.8) is 0 Å². The number of aromatic nitrogens is 4. The van der Waals surface area contributed by atoms with Gasteiger partial charge in [-0.05, 0) is 6.07 Å². The van der Waals surface area contributed by atoms with Crippen molar-refractivity contribution >= 4 is 23.3 Å². The number of hydrogen-bond acceptors (Lipinski definition) is 7. The van der Waals surface area contributed by atoms with E-state index in [0.29, 0.717) is 22.9 Å². The Balaban J connectivity index is 1.51. The molecule has 0 bridgehead atoms. The maximum absolute atomic E-state index is 12.9. The highest BCUT2D eigenvalue weighted by Crippen LogP contribution is 2.25. The highest BCUT2D eigenvalue weighted by atomic mass is 16.4. The number of anilines is 2. The molecule has 0 saturated carbocycles. The number of benzodiazepines with no additional fused rings is 1. The number of aliphatic imine (C=N–C) groups is 1. The topological polar surface area (TPSA) is 110 Å². The van der Waals surface area contributed by atoms with Gasteiger partial charge < -0.3 is 15.1 Å². The van der Waals surface area contributed by atoms with E-state index in [1.54, 1.807) is 24.1 Å². The number of aryl methyl sites for hydroxylation is 1. The van der Waals surface area contributed by atoms with E-state index < -0.39 is 6.17 Å². The van der Waals surface area contributed by atoms with Crippen molar-refractivity contribution in [2.75, 3.05) is 10.6 Å². The highest BCUT2D eigenvalue weighted by molar-refractivity contribution is 6.19. The molecule has 0 saturated heterocycles. The van der Waals surface area contributed by atoms with E-state index in [-0.39, 0.29) is 11.9 Å². The third-order valence-corrected chi connectivity index (χ3v) is 4.63. The third-order valence-electron chi connectivity index (χ3n) is 4.63. The Morgan fingerprint density at radius 3 is 2.63 bits per heavy atom. The van der Waals surface area contributed by atoms with E-state index in [1.807, 2.05) is 54.6 Å². The summed E-state index contributed by atoms with van der Waals surface area (Å²) in [5.74, 6) is -0.0234. The van der Waals surface area contributed by atoms with E-state index in [1.165, 1.54) is 0 Å². The fourth-order valence-corrected chi connectivity index (χ4v) is 3.23. The molecule has 4 aromatic rings. The Morgan fingerprint density at radius 1 is 1.03 bits per heavy atom. The second-order valence-electron chi connectivity index (χ2n) is 6.74. The van der Waals surface area contributed by atoms with Crippen LogP contribution < -0.4 is 10.6 Å². The monoisotopic (exact) mass is 399 g/mol. The quantitative estimate of drug-likeness (QED) is 0.546. The number of fused-ring (bicyclic) bond motifs is 1. The Bertz CT molecular complexity index is 1240. The maximum Gasteiger partial charge on any atom is 0.317 e. The maximum atomic E-state index is 12.9. The Morgan fingerprint density at radius 2 is 1.83 bits per heavy atom. The largest absolute Gasteiger partial charge is 0.403 e. The number of carbonyl (C=O) groups is 1. The van der Waals surface area contributed by atoms with Crippen LogP contribution in [0.5, 0.6) is 0 Å². The van der Waals surface area contributed by atoms with Crippen LogP contribution in [0.25, 0.3) is 11.5 Å². The van der Waals surface area contributed by atoms with Crippen LogP contribution in [0.1, 0.15) is 11.1 Å². The second kappa shape index (κ2) is 7.28. The van der Waals surface area contributed by atoms with Crippen LogP contribution in [-0.2, 0) is 11.8 Å². The van der Waals surface area contributed by atoms with Gasteiger partial charge in [-0.2, -0.15) is 5.10 Å². The Kier molecular flexibility index (Phi) is 4.32. The molecular formula is C21H17N7O2. The van der Waals surface area contributed by atoms with Crippen molar-refractivity contribution < 1.29 is 9.21 Å². The molecule has 9 nitrogen and oxygen atoms in total. The molecule has 30 heavy (non-hydrogen) atoms. The number of rotatable bonds is 4. The lowest BCUT2D eigenvalue weighted by molar-refractivity contribution is -0.116. The smallest absolute Gasteiger partial charge is 0.317 e. The molecule has 2 aromatic carbocycles. The Hall–Kier alpha value is -4.27. The minimum Gasteiger partial charge on any atom is -0.403 e. The number of amides is 1. The SMILES string of the molecule is Cn1cc(-c2nnc(NC3N=C(c4ccccc4)c4ccccc4NC3=O)o2)cn1. The van der Waals surface area contributed by atoms with Crippen LogP contribution in [0.15, 0.2) is 76.4 Å². The van der Waals surface area contributed by atoms with Crippen molar-refractivity contribution in [3.05, 3.63) is 78.1 Å².